The Balaban J connectivity index is 1.57. The molecule has 3 atom stereocenters. The van der Waals surface area contributed by atoms with Crippen molar-refractivity contribution in [1.82, 2.24) is 10.6 Å². The maximum atomic E-state index is 13.6. The van der Waals surface area contributed by atoms with E-state index in [0.29, 0.717) is 17.5 Å². The molecule has 96 valence electrons. The maximum Gasteiger partial charge on any atom is 0.237 e. The fourth-order valence-electron chi connectivity index (χ4n) is 2.51. The molecule has 0 bridgehead atoms. The second-order valence-corrected chi connectivity index (χ2v) is 5.40. The Bertz CT molecular complexity index is 484. The Morgan fingerprint density at radius 1 is 1.50 bits per heavy atom. The van der Waals surface area contributed by atoms with Crippen LogP contribution in [0, 0.1) is 11.7 Å². The molecular formula is C13H14ClFN2O. The molecule has 5 heteroatoms. The molecule has 2 aliphatic rings. The van der Waals surface area contributed by atoms with Crippen LogP contribution in [0.5, 0.6) is 0 Å². The van der Waals surface area contributed by atoms with Crippen LogP contribution in [0.1, 0.15) is 18.4 Å². The number of nitrogens with one attached hydrogen (secondary N) is 2. The van der Waals surface area contributed by atoms with Crippen molar-refractivity contribution in [2.75, 3.05) is 0 Å². The molecule has 2 unspecified atom stereocenters. The summed E-state index contributed by atoms with van der Waals surface area (Å²) in [5, 5.41) is 6.09. The Hall–Kier alpha value is -1.13. The molecule has 0 spiro atoms. The number of carbonyl (C=O) groups excluding carboxylic acids is 1. The van der Waals surface area contributed by atoms with Gasteiger partial charge in [0, 0.05) is 18.2 Å². The van der Waals surface area contributed by atoms with E-state index in [1.807, 2.05) is 0 Å². The average molecular weight is 269 g/mol. The highest BCUT2D eigenvalue weighted by atomic mass is 35.5. The largest absolute Gasteiger partial charge is 0.351 e. The van der Waals surface area contributed by atoms with E-state index < -0.39 is 5.82 Å². The van der Waals surface area contributed by atoms with E-state index in [4.69, 9.17) is 11.6 Å². The Morgan fingerprint density at radius 3 is 3.06 bits per heavy atom. The van der Waals surface area contributed by atoms with Crippen LogP contribution in [0.3, 0.4) is 0 Å². The predicted molar refractivity (Wildman–Crippen MR) is 66.7 cm³/mol. The van der Waals surface area contributed by atoms with Crippen LogP contribution in [0.4, 0.5) is 4.39 Å². The van der Waals surface area contributed by atoms with Gasteiger partial charge in [-0.1, -0.05) is 23.7 Å². The number of hydrogen-bond acceptors (Lipinski definition) is 2. The molecular weight excluding hydrogens is 255 g/mol. The Labute approximate surface area is 110 Å². The van der Waals surface area contributed by atoms with Crippen molar-refractivity contribution in [1.29, 1.82) is 0 Å². The van der Waals surface area contributed by atoms with Gasteiger partial charge in [0.15, 0.2) is 0 Å². The van der Waals surface area contributed by atoms with Crippen LogP contribution in [0.2, 0.25) is 5.02 Å². The molecule has 1 saturated carbocycles. The van der Waals surface area contributed by atoms with Gasteiger partial charge in [0.25, 0.3) is 0 Å². The molecule has 0 aromatic heterocycles. The van der Waals surface area contributed by atoms with E-state index in [1.165, 1.54) is 12.5 Å². The summed E-state index contributed by atoms with van der Waals surface area (Å²) >= 11 is 5.68. The summed E-state index contributed by atoms with van der Waals surface area (Å²) in [6, 6.07) is 5.21. The molecule has 1 aliphatic carbocycles. The van der Waals surface area contributed by atoms with Gasteiger partial charge in [-0.05, 0) is 24.8 Å². The highest BCUT2D eigenvalue weighted by molar-refractivity contribution is 6.30. The van der Waals surface area contributed by atoms with Crippen LogP contribution >= 0.6 is 11.6 Å². The number of carbonyl (C=O) groups is 1. The van der Waals surface area contributed by atoms with Crippen LogP contribution in [0.15, 0.2) is 18.2 Å². The quantitative estimate of drug-likeness (QED) is 0.878. The second-order valence-electron chi connectivity index (χ2n) is 4.99. The van der Waals surface area contributed by atoms with Crippen molar-refractivity contribution in [2.24, 2.45) is 5.92 Å². The van der Waals surface area contributed by atoms with Crippen LogP contribution in [0.25, 0.3) is 0 Å². The van der Waals surface area contributed by atoms with E-state index in [1.54, 1.807) is 12.1 Å². The monoisotopic (exact) mass is 268 g/mol. The fourth-order valence-corrected chi connectivity index (χ4v) is 2.71. The van der Waals surface area contributed by atoms with Crippen LogP contribution in [-0.2, 0) is 11.3 Å². The normalized spacial score (nSPS) is 28.9. The number of hydrogen-bond donors (Lipinski definition) is 2. The lowest BCUT2D eigenvalue weighted by atomic mass is 10.1. The third kappa shape index (κ3) is 2.22. The lowest BCUT2D eigenvalue weighted by Gasteiger charge is -2.13. The standard InChI is InChI=1S/C13H14ClFN2O/c14-9-3-1-2-7(12(9)15)6-16-13(18)11-5-8-4-10(8)17-11/h1-3,8,10-11,17H,4-6H2,(H,16,18)/t8?,10-,11?/m1/s1. The molecule has 1 aliphatic heterocycles. The molecule has 3 rings (SSSR count). The minimum Gasteiger partial charge on any atom is -0.351 e. The van der Waals surface area contributed by atoms with Gasteiger partial charge in [-0.25, -0.2) is 4.39 Å². The minimum atomic E-state index is -0.457. The van der Waals surface area contributed by atoms with Gasteiger partial charge < -0.3 is 10.6 Å². The number of fused-ring (bicyclic) bond motifs is 1. The molecule has 0 radical (unpaired) electrons. The van der Waals surface area contributed by atoms with E-state index >= 15 is 0 Å². The zero-order chi connectivity index (χ0) is 12.7. The van der Waals surface area contributed by atoms with Gasteiger partial charge in [0.2, 0.25) is 5.91 Å². The number of rotatable bonds is 3. The molecule has 2 fully saturated rings. The first kappa shape index (κ1) is 11.9. The summed E-state index contributed by atoms with van der Waals surface area (Å²) in [4.78, 5) is 11.9. The van der Waals surface area contributed by atoms with Gasteiger partial charge in [-0.15, -0.1) is 0 Å². The lowest BCUT2D eigenvalue weighted by Crippen LogP contribution is -2.41. The summed E-state index contributed by atoms with van der Waals surface area (Å²) in [6.07, 6.45) is 2.08. The highest BCUT2D eigenvalue weighted by Crippen LogP contribution is 2.40. The van der Waals surface area contributed by atoms with Crippen molar-refractivity contribution in [2.45, 2.75) is 31.5 Å². The first-order valence-corrected chi connectivity index (χ1v) is 6.49. The molecule has 18 heavy (non-hydrogen) atoms. The summed E-state index contributed by atoms with van der Waals surface area (Å²) < 4.78 is 13.6. The van der Waals surface area contributed by atoms with E-state index in [2.05, 4.69) is 10.6 Å². The third-order valence-electron chi connectivity index (χ3n) is 3.68. The molecule has 1 saturated heterocycles. The minimum absolute atomic E-state index is 0.0541. The van der Waals surface area contributed by atoms with Gasteiger partial charge in [0.05, 0.1) is 11.1 Å². The van der Waals surface area contributed by atoms with Crippen molar-refractivity contribution >= 4 is 17.5 Å². The first-order valence-electron chi connectivity index (χ1n) is 6.12. The Kier molecular flexibility index (Phi) is 2.99. The summed E-state index contributed by atoms with van der Waals surface area (Å²) in [7, 11) is 0. The van der Waals surface area contributed by atoms with Crippen molar-refractivity contribution in [3.63, 3.8) is 0 Å². The molecule has 2 N–H and O–H groups in total. The average Bonchev–Trinajstić information content (AvgIpc) is 2.97. The summed E-state index contributed by atoms with van der Waals surface area (Å²) in [5.41, 5.74) is 0.416. The third-order valence-corrected chi connectivity index (χ3v) is 3.97. The maximum absolute atomic E-state index is 13.6. The van der Waals surface area contributed by atoms with Gasteiger partial charge in [0.1, 0.15) is 5.82 Å². The fraction of sp³-hybridized carbons (Fsp3) is 0.462. The van der Waals surface area contributed by atoms with Gasteiger partial charge in [-0.2, -0.15) is 0 Å². The number of benzene rings is 1. The topological polar surface area (TPSA) is 41.1 Å². The summed E-state index contributed by atoms with van der Waals surface area (Å²) in [5.74, 6) is 0.159. The number of halogens is 2. The smallest absolute Gasteiger partial charge is 0.237 e. The van der Waals surface area contributed by atoms with Crippen molar-refractivity contribution in [3.8, 4) is 0 Å². The summed E-state index contributed by atoms with van der Waals surface area (Å²) in [6.45, 7) is 0.179. The van der Waals surface area contributed by atoms with Crippen LogP contribution in [-0.4, -0.2) is 18.0 Å². The molecule has 3 nitrogen and oxygen atoms in total. The molecule has 1 amide bonds. The Morgan fingerprint density at radius 2 is 2.33 bits per heavy atom. The zero-order valence-electron chi connectivity index (χ0n) is 9.75. The number of piperidine rings is 1. The van der Waals surface area contributed by atoms with Crippen LogP contribution < -0.4 is 10.6 Å². The highest BCUT2D eigenvalue weighted by Gasteiger charge is 2.47. The predicted octanol–water partition coefficient (Wildman–Crippen LogP) is 1.85. The van der Waals surface area contributed by atoms with Gasteiger partial charge >= 0.3 is 0 Å². The van der Waals surface area contributed by atoms with Crippen molar-refractivity contribution in [3.05, 3.63) is 34.6 Å². The molecule has 1 heterocycles. The second kappa shape index (κ2) is 4.52. The van der Waals surface area contributed by atoms with Crippen molar-refractivity contribution < 1.29 is 9.18 Å². The SMILES string of the molecule is O=C(NCc1cccc(Cl)c1F)C1CC2C[C@H]2N1. The first-order chi connectivity index (χ1) is 8.65. The lowest BCUT2D eigenvalue weighted by molar-refractivity contribution is -0.123. The van der Waals surface area contributed by atoms with Gasteiger partial charge in [-0.3, -0.25) is 4.79 Å². The molecule has 1 aromatic rings. The van der Waals surface area contributed by atoms with E-state index in [-0.39, 0.29) is 23.5 Å². The molecule has 1 aromatic carbocycles. The number of amides is 1. The van der Waals surface area contributed by atoms with E-state index in [0.717, 1.165) is 6.42 Å². The van der Waals surface area contributed by atoms with E-state index in [9.17, 15) is 9.18 Å². The zero-order valence-corrected chi connectivity index (χ0v) is 10.5.